The van der Waals surface area contributed by atoms with E-state index in [9.17, 15) is 10.1 Å². The summed E-state index contributed by atoms with van der Waals surface area (Å²) in [5.41, 5.74) is 1.74. The van der Waals surface area contributed by atoms with Gasteiger partial charge in [-0.25, -0.2) is 0 Å². The van der Waals surface area contributed by atoms with Crippen LogP contribution in [0.25, 0.3) is 0 Å². The normalized spacial score (nSPS) is 11.8. The maximum atomic E-state index is 10.9. The van der Waals surface area contributed by atoms with Gasteiger partial charge in [-0.1, -0.05) is 28.1 Å². The summed E-state index contributed by atoms with van der Waals surface area (Å²) in [7, 11) is 1.49. The lowest BCUT2D eigenvalue weighted by atomic mass is 10.1. The predicted octanol–water partition coefficient (Wildman–Crippen LogP) is 4.54. The zero-order valence-corrected chi connectivity index (χ0v) is 13.3. The van der Waals surface area contributed by atoms with Crippen LogP contribution < -0.4 is 10.1 Å². The van der Waals surface area contributed by atoms with Gasteiger partial charge in [0.25, 0.3) is 5.69 Å². The van der Waals surface area contributed by atoms with Gasteiger partial charge in [0, 0.05) is 28.3 Å². The molecule has 2 aromatic rings. The van der Waals surface area contributed by atoms with Crippen LogP contribution in [0.4, 0.5) is 11.4 Å². The number of halogens is 1. The standard InChI is InChI=1S/C15H15BrN2O3/c1-10(11-3-5-12(16)6-4-11)17-13-7-14(18(19)20)9-15(8-13)21-2/h3-10,17H,1-2H3. The number of ether oxygens (including phenoxy) is 1. The minimum absolute atomic E-state index is 0.000133. The second kappa shape index (κ2) is 6.58. The molecule has 0 aliphatic carbocycles. The fraction of sp³-hybridized carbons (Fsp3) is 0.200. The quantitative estimate of drug-likeness (QED) is 0.635. The summed E-state index contributed by atoms with van der Waals surface area (Å²) in [6.45, 7) is 1.99. The van der Waals surface area contributed by atoms with Crippen LogP contribution >= 0.6 is 15.9 Å². The zero-order valence-electron chi connectivity index (χ0n) is 11.7. The average molecular weight is 351 g/mol. The van der Waals surface area contributed by atoms with E-state index >= 15 is 0 Å². The molecule has 2 rings (SSSR count). The van der Waals surface area contributed by atoms with Crippen molar-refractivity contribution in [1.82, 2.24) is 0 Å². The van der Waals surface area contributed by atoms with E-state index in [-0.39, 0.29) is 11.7 Å². The molecule has 0 amide bonds. The summed E-state index contributed by atoms with van der Waals surface area (Å²) in [6.07, 6.45) is 0. The molecule has 1 atom stereocenters. The fourth-order valence-corrected chi connectivity index (χ4v) is 2.24. The first-order valence-electron chi connectivity index (χ1n) is 6.35. The largest absolute Gasteiger partial charge is 0.496 e. The number of anilines is 1. The number of benzene rings is 2. The van der Waals surface area contributed by atoms with Gasteiger partial charge in [0.1, 0.15) is 5.75 Å². The molecule has 1 N–H and O–H groups in total. The molecule has 5 nitrogen and oxygen atoms in total. The molecule has 0 saturated carbocycles. The fourth-order valence-electron chi connectivity index (χ4n) is 1.97. The Bertz CT molecular complexity index is 644. The molecule has 0 fully saturated rings. The summed E-state index contributed by atoms with van der Waals surface area (Å²) in [5, 5.41) is 14.2. The number of nitro benzene ring substituents is 1. The summed E-state index contributed by atoms with van der Waals surface area (Å²) in [5.74, 6) is 0.453. The Labute approximate surface area is 131 Å². The van der Waals surface area contributed by atoms with Crippen molar-refractivity contribution in [3.63, 3.8) is 0 Å². The Balaban J connectivity index is 2.23. The predicted molar refractivity (Wildman–Crippen MR) is 85.8 cm³/mol. The van der Waals surface area contributed by atoms with Gasteiger partial charge < -0.3 is 10.1 Å². The molecule has 0 saturated heterocycles. The van der Waals surface area contributed by atoms with Crippen LogP contribution in [-0.4, -0.2) is 12.0 Å². The Kier molecular flexibility index (Phi) is 4.80. The van der Waals surface area contributed by atoms with E-state index < -0.39 is 4.92 Å². The first-order chi connectivity index (χ1) is 9.99. The highest BCUT2D eigenvalue weighted by molar-refractivity contribution is 9.10. The molecule has 0 radical (unpaired) electrons. The van der Waals surface area contributed by atoms with E-state index in [0.29, 0.717) is 11.4 Å². The van der Waals surface area contributed by atoms with Gasteiger partial charge in [-0.2, -0.15) is 0 Å². The number of methoxy groups -OCH3 is 1. The average Bonchev–Trinajstić information content (AvgIpc) is 2.47. The molecule has 2 aromatic carbocycles. The third-order valence-corrected chi connectivity index (χ3v) is 3.62. The number of nitrogens with zero attached hydrogens (tertiary/aromatic N) is 1. The molecule has 0 aliphatic heterocycles. The molecule has 0 bridgehead atoms. The van der Waals surface area contributed by atoms with Crippen LogP contribution in [0, 0.1) is 10.1 Å². The minimum Gasteiger partial charge on any atom is -0.496 e. The van der Waals surface area contributed by atoms with Crippen molar-refractivity contribution in [2.24, 2.45) is 0 Å². The molecule has 0 aliphatic rings. The van der Waals surface area contributed by atoms with Crippen molar-refractivity contribution >= 4 is 27.3 Å². The summed E-state index contributed by atoms with van der Waals surface area (Å²) >= 11 is 3.39. The monoisotopic (exact) mass is 350 g/mol. The van der Waals surface area contributed by atoms with Gasteiger partial charge in [-0.3, -0.25) is 10.1 Å². The topological polar surface area (TPSA) is 64.4 Å². The third-order valence-electron chi connectivity index (χ3n) is 3.09. The number of rotatable bonds is 5. The molecule has 0 aromatic heterocycles. The lowest BCUT2D eigenvalue weighted by Gasteiger charge is -2.16. The zero-order chi connectivity index (χ0) is 15.4. The van der Waals surface area contributed by atoms with Crippen LogP contribution in [0.15, 0.2) is 46.9 Å². The number of nitrogens with one attached hydrogen (secondary N) is 1. The molecule has 0 spiro atoms. The molecule has 21 heavy (non-hydrogen) atoms. The van der Waals surface area contributed by atoms with Crippen molar-refractivity contribution in [1.29, 1.82) is 0 Å². The minimum atomic E-state index is -0.433. The third kappa shape index (κ3) is 3.95. The van der Waals surface area contributed by atoms with Crippen LogP contribution in [0.3, 0.4) is 0 Å². The van der Waals surface area contributed by atoms with Crippen molar-refractivity contribution in [3.05, 3.63) is 62.6 Å². The molecule has 1 unspecified atom stereocenters. The maximum Gasteiger partial charge on any atom is 0.275 e. The first-order valence-corrected chi connectivity index (χ1v) is 7.14. The van der Waals surface area contributed by atoms with Gasteiger partial charge in [-0.15, -0.1) is 0 Å². The van der Waals surface area contributed by atoms with Crippen LogP contribution in [0.2, 0.25) is 0 Å². The molecule has 110 valence electrons. The number of hydrogen-bond donors (Lipinski definition) is 1. The number of hydrogen-bond acceptors (Lipinski definition) is 4. The lowest BCUT2D eigenvalue weighted by Crippen LogP contribution is -2.07. The van der Waals surface area contributed by atoms with Crippen LogP contribution in [0.5, 0.6) is 5.75 Å². The van der Waals surface area contributed by atoms with Crippen molar-refractivity contribution in [2.45, 2.75) is 13.0 Å². The van der Waals surface area contributed by atoms with E-state index in [4.69, 9.17) is 4.74 Å². The number of nitro groups is 1. The Morgan fingerprint density at radius 3 is 2.48 bits per heavy atom. The van der Waals surface area contributed by atoms with Gasteiger partial charge in [-0.05, 0) is 24.6 Å². The van der Waals surface area contributed by atoms with Crippen molar-refractivity contribution in [3.8, 4) is 5.75 Å². The highest BCUT2D eigenvalue weighted by atomic mass is 79.9. The molecule has 6 heteroatoms. The van der Waals surface area contributed by atoms with E-state index in [2.05, 4.69) is 21.2 Å². The highest BCUT2D eigenvalue weighted by Crippen LogP contribution is 2.28. The highest BCUT2D eigenvalue weighted by Gasteiger charge is 2.12. The lowest BCUT2D eigenvalue weighted by molar-refractivity contribution is -0.384. The van der Waals surface area contributed by atoms with E-state index in [0.717, 1.165) is 10.0 Å². The first kappa shape index (κ1) is 15.3. The van der Waals surface area contributed by atoms with Gasteiger partial charge >= 0.3 is 0 Å². The molecule has 0 heterocycles. The second-order valence-corrected chi connectivity index (χ2v) is 5.51. The maximum absolute atomic E-state index is 10.9. The van der Waals surface area contributed by atoms with Gasteiger partial charge in [0.15, 0.2) is 0 Å². The van der Waals surface area contributed by atoms with E-state index in [1.165, 1.54) is 19.2 Å². The second-order valence-electron chi connectivity index (χ2n) is 4.59. The number of non-ortho nitro benzene ring substituents is 1. The van der Waals surface area contributed by atoms with E-state index in [1.807, 2.05) is 31.2 Å². The van der Waals surface area contributed by atoms with Crippen molar-refractivity contribution in [2.75, 3.05) is 12.4 Å². The van der Waals surface area contributed by atoms with E-state index in [1.54, 1.807) is 6.07 Å². The Morgan fingerprint density at radius 2 is 1.90 bits per heavy atom. The summed E-state index contributed by atoms with van der Waals surface area (Å²) < 4.78 is 6.11. The molecular weight excluding hydrogens is 336 g/mol. The molecular formula is C15H15BrN2O3. The Morgan fingerprint density at radius 1 is 1.24 bits per heavy atom. The van der Waals surface area contributed by atoms with Crippen LogP contribution in [0.1, 0.15) is 18.5 Å². The van der Waals surface area contributed by atoms with Gasteiger partial charge in [0.05, 0.1) is 18.1 Å². The van der Waals surface area contributed by atoms with Gasteiger partial charge in [0.2, 0.25) is 0 Å². The van der Waals surface area contributed by atoms with Crippen LogP contribution in [-0.2, 0) is 0 Å². The SMILES string of the molecule is COc1cc(NC(C)c2ccc(Br)cc2)cc([N+](=O)[O-])c1. The summed E-state index contributed by atoms with van der Waals surface area (Å²) in [4.78, 5) is 10.5. The summed E-state index contributed by atoms with van der Waals surface area (Å²) in [6, 6.07) is 12.6. The Hall–Kier alpha value is -2.08. The smallest absolute Gasteiger partial charge is 0.275 e. The van der Waals surface area contributed by atoms with Crippen molar-refractivity contribution < 1.29 is 9.66 Å².